The molecule has 0 bridgehead atoms. The van der Waals surface area contributed by atoms with E-state index in [1.807, 2.05) is 17.5 Å². The SMILES string of the molecule is CNC(c1cccs1)c1cc(F)c(F)cc1F. The number of hydrogen-bond acceptors (Lipinski definition) is 2. The summed E-state index contributed by atoms with van der Waals surface area (Å²) in [6, 6.07) is 4.63. The summed E-state index contributed by atoms with van der Waals surface area (Å²) in [4.78, 5) is 0.845. The van der Waals surface area contributed by atoms with Crippen LogP contribution in [0.3, 0.4) is 0 Å². The lowest BCUT2D eigenvalue weighted by Crippen LogP contribution is -2.18. The van der Waals surface area contributed by atoms with E-state index in [2.05, 4.69) is 5.32 Å². The van der Waals surface area contributed by atoms with Crippen LogP contribution in [0.4, 0.5) is 13.2 Å². The Kier molecular flexibility index (Phi) is 3.49. The lowest BCUT2D eigenvalue weighted by atomic mass is 10.0. The van der Waals surface area contributed by atoms with Crippen molar-refractivity contribution in [3.8, 4) is 0 Å². The van der Waals surface area contributed by atoms with Crippen molar-refractivity contribution >= 4 is 11.3 Å². The Morgan fingerprint density at radius 3 is 2.41 bits per heavy atom. The number of benzene rings is 1. The molecular formula is C12H10F3NS. The average molecular weight is 257 g/mol. The maximum Gasteiger partial charge on any atom is 0.161 e. The molecule has 0 spiro atoms. The minimum absolute atomic E-state index is 0.105. The third kappa shape index (κ3) is 2.35. The van der Waals surface area contributed by atoms with Crippen molar-refractivity contribution in [3.63, 3.8) is 0 Å². The van der Waals surface area contributed by atoms with Crippen LogP contribution in [0, 0.1) is 17.5 Å². The first kappa shape index (κ1) is 12.1. The standard InChI is InChI=1S/C12H10F3NS/c1-16-12(11-3-2-4-17-11)7-5-9(14)10(15)6-8(7)13/h2-6,12,16H,1H3. The maximum atomic E-state index is 13.6. The smallest absolute Gasteiger partial charge is 0.161 e. The first-order chi connectivity index (χ1) is 8.13. The normalized spacial score (nSPS) is 12.7. The quantitative estimate of drug-likeness (QED) is 0.830. The molecule has 0 radical (unpaired) electrons. The van der Waals surface area contributed by atoms with Crippen LogP contribution in [0.2, 0.25) is 0 Å². The molecule has 90 valence electrons. The number of halogens is 3. The fourth-order valence-corrected chi connectivity index (χ4v) is 2.52. The Balaban J connectivity index is 2.48. The summed E-state index contributed by atoms with van der Waals surface area (Å²) in [5.74, 6) is -2.97. The highest BCUT2D eigenvalue weighted by Gasteiger charge is 2.19. The third-order valence-electron chi connectivity index (χ3n) is 2.47. The molecule has 1 atom stereocenters. The summed E-state index contributed by atoms with van der Waals surface area (Å²) in [6.45, 7) is 0. The van der Waals surface area contributed by atoms with Crippen LogP contribution in [-0.4, -0.2) is 7.05 Å². The van der Waals surface area contributed by atoms with Crippen LogP contribution in [0.25, 0.3) is 0 Å². The molecule has 0 aliphatic rings. The zero-order valence-corrected chi connectivity index (χ0v) is 9.82. The molecule has 1 nitrogen and oxygen atoms in total. The zero-order chi connectivity index (χ0) is 12.4. The molecule has 1 N–H and O–H groups in total. The van der Waals surface area contributed by atoms with Gasteiger partial charge in [0.25, 0.3) is 0 Å². The van der Waals surface area contributed by atoms with Crippen LogP contribution >= 0.6 is 11.3 Å². The minimum atomic E-state index is -1.17. The Morgan fingerprint density at radius 1 is 1.12 bits per heavy atom. The van der Waals surface area contributed by atoms with Crippen molar-refractivity contribution in [2.24, 2.45) is 0 Å². The molecule has 0 saturated carbocycles. The number of hydrogen-bond donors (Lipinski definition) is 1. The van der Waals surface area contributed by atoms with Crippen LogP contribution in [-0.2, 0) is 0 Å². The topological polar surface area (TPSA) is 12.0 Å². The summed E-state index contributed by atoms with van der Waals surface area (Å²) < 4.78 is 39.6. The van der Waals surface area contributed by atoms with Gasteiger partial charge in [-0.25, -0.2) is 13.2 Å². The van der Waals surface area contributed by atoms with E-state index >= 15 is 0 Å². The van der Waals surface area contributed by atoms with E-state index in [4.69, 9.17) is 0 Å². The predicted molar refractivity (Wildman–Crippen MR) is 61.5 cm³/mol. The minimum Gasteiger partial charge on any atom is -0.309 e. The molecule has 0 fully saturated rings. The molecule has 5 heteroatoms. The average Bonchev–Trinajstić information content (AvgIpc) is 2.80. The molecule has 1 unspecified atom stereocenters. The van der Waals surface area contributed by atoms with Crippen LogP contribution in [0.5, 0.6) is 0 Å². The largest absolute Gasteiger partial charge is 0.309 e. The van der Waals surface area contributed by atoms with Crippen LogP contribution < -0.4 is 5.32 Å². The number of nitrogens with one attached hydrogen (secondary N) is 1. The second-order valence-corrected chi connectivity index (χ2v) is 4.50. The van der Waals surface area contributed by atoms with Gasteiger partial charge in [0.05, 0.1) is 6.04 Å². The fourth-order valence-electron chi connectivity index (χ4n) is 1.67. The zero-order valence-electron chi connectivity index (χ0n) is 9.01. The molecular weight excluding hydrogens is 247 g/mol. The molecule has 1 aromatic heterocycles. The molecule has 1 aromatic carbocycles. The number of rotatable bonds is 3. The van der Waals surface area contributed by atoms with E-state index in [0.29, 0.717) is 6.07 Å². The second kappa shape index (κ2) is 4.89. The van der Waals surface area contributed by atoms with E-state index < -0.39 is 23.5 Å². The van der Waals surface area contributed by atoms with Gasteiger partial charge in [0, 0.05) is 16.5 Å². The first-order valence-electron chi connectivity index (χ1n) is 4.98. The fraction of sp³-hybridized carbons (Fsp3) is 0.167. The summed E-state index contributed by atoms with van der Waals surface area (Å²) in [7, 11) is 1.64. The van der Waals surface area contributed by atoms with Gasteiger partial charge in [-0.2, -0.15) is 0 Å². The van der Waals surface area contributed by atoms with Crippen LogP contribution in [0.1, 0.15) is 16.5 Å². The van der Waals surface area contributed by atoms with Gasteiger partial charge < -0.3 is 5.32 Å². The van der Waals surface area contributed by atoms with Crippen molar-refractivity contribution in [2.45, 2.75) is 6.04 Å². The van der Waals surface area contributed by atoms with E-state index in [-0.39, 0.29) is 5.56 Å². The first-order valence-corrected chi connectivity index (χ1v) is 5.86. The molecule has 2 rings (SSSR count). The summed E-state index contributed by atoms with van der Waals surface area (Å²) in [5, 5.41) is 4.73. The molecule has 1 heterocycles. The highest BCUT2D eigenvalue weighted by atomic mass is 32.1. The molecule has 0 aliphatic heterocycles. The third-order valence-corrected chi connectivity index (χ3v) is 3.40. The van der Waals surface area contributed by atoms with Gasteiger partial charge in [-0.1, -0.05) is 6.07 Å². The van der Waals surface area contributed by atoms with E-state index in [0.717, 1.165) is 10.9 Å². The van der Waals surface area contributed by atoms with Gasteiger partial charge >= 0.3 is 0 Å². The summed E-state index contributed by atoms with van der Waals surface area (Å²) >= 11 is 1.42. The molecule has 2 aromatic rings. The van der Waals surface area contributed by atoms with Crippen molar-refractivity contribution in [1.82, 2.24) is 5.32 Å². The monoisotopic (exact) mass is 257 g/mol. The van der Waals surface area contributed by atoms with Crippen molar-refractivity contribution in [3.05, 3.63) is 57.5 Å². The Morgan fingerprint density at radius 2 is 1.82 bits per heavy atom. The second-order valence-electron chi connectivity index (χ2n) is 3.52. The van der Waals surface area contributed by atoms with Crippen molar-refractivity contribution < 1.29 is 13.2 Å². The lowest BCUT2D eigenvalue weighted by molar-refractivity contribution is 0.484. The molecule has 0 amide bonds. The molecule has 0 saturated heterocycles. The van der Waals surface area contributed by atoms with Crippen molar-refractivity contribution in [2.75, 3.05) is 7.05 Å². The van der Waals surface area contributed by atoms with E-state index in [1.54, 1.807) is 7.05 Å². The van der Waals surface area contributed by atoms with Gasteiger partial charge in [-0.05, 0) is 24.6 Å². The van der Waals surface area contributed by atoms with Gasteiger partial charge in [-0.3, -0.25) is 0 Å². The lowest BCUT2D eigenvalue weighted by Gasteiger charge is -2.16. The van der Waals surface area contributed by atoms with Crippen molar-refractivity contribution in [1.29, 1.82) is 0 Å². The van der Waals surface area contributed by atoms with Crippen LogP contribution in [0.15, 0.2) is 29.6 Å². The van der Waals surface area contributed by atoms with Gasteiger partial charge in [0.2, 0.25) is 0 Å². The Labute approximate surface area is 101 Å². The number of thiophene rings is 1. The molecule has 17 heavy (non-hydrogen) atoms. The Hall–Kier alpha value is -1.33. The predicted octanol–water partition coefficient (Wildman–Crippen LogP) is 3.47. The van der Waals surface area contributed by atoms with Gasteiger partial charge in [0.1, 0.15) is 5.82 Å². The molecule has 0 aliphatic carbocycles. The summed E-state index contributed by atoms with van der Waals surface area (Å²) in [5.41, 5.74) is 0.105. The maximum absolute atomic E-state index is 13.6. The van der Waals surface area contributed by atoms with Gasteiger partial charge in [-0.15, -0.1) is 11.3 Å². The Bertz CT molecular complexity index is 511. The highest BCUT2D eigenvalue weighted by molar-refractivity contribution is 7.10. The van der Waals surface area contributed by atoms with Gasteiger partial charge in [0.15, 0.2) is 11.6 Å². The van der Waals surface area contributed by atoms with E-state index in [1.165, 1.54) is 11.3 Å². The highest BCUT2D eigenvalue weighted by Crippen LogP contribution is 2.28. The van der Waals surface area contributed by atoms with E-state index in [9.17, 15) is 13.2 Å². The summed E-state index contributed by atoms with van der Waals surface area (Å²) in [6.07, 6.45) is 0.